The Kier molecular flexibility index (Phi) is 5.11. The van der Waals surface area contributed by atoms with Gasteiger partial charge in [-0.2, -0.15) is 0 Å². The Balaban J connectivity index is 1.83. The molecule has 0 heterocycles. The van der Waals surface area contributed by atoms with Crippen LogP contribution in [-0.2, 0) is 6.42 Å². The van der Waals surface area contributed by atoms with E-state index in [-0.39, 0.29) is 0 Å². The molecule has 0 bridgehead atoms. The molecular formula is C23H26Cl2. The van der Waals surface area contributed by atoms with Crippen molar-refractivity contribution >= 4 is 23.2 Å². The summed E-state index contributed by atoms with van der Waals surface area (Å²) in [5, 5.41) is 1.67. The average Bonchev–Trinajstić information content (AvgIpc) is 3.05. The van der Waals surface area contributed by atoms with Crippen LogP contribution in [0.5, 0.6) is 0 Å². The molecule has 2 aromatic rings. The highest BCUT2D eigenvalue weighted by molar-refractivity contribution is 6.35. The minimum absolute atomic E-state index is 0.583. The van der Waals surface area contributed by atoms with Gasteiger partial charge in [0.15, 0.2) is 0 Å². The topological polar surface area (TPSA) is 0 Å². The predicted octanol–water partition coefficient (Wildman–Crippen LogP) is 7.63. The Hall–Kier alpha value is -0.980. The predicted molar refractivity (Wildman–Crippen MR) is 108 cm³/mol. The molecule has 4 unspecified atom stereocenters. The molecule has 4 atom stereocenters. The molecule has 0 aliphatic heterocycles. The van der Waals surface area contributed by atoms with Crippen LogP contribution in [0.25, 0.3) is 0 Å². The van der Waals surface area contributed by atoms with Crippen LogP contribution in [0.3, 0.4) is 0 Å². The molecule has 1 fully saturated rings. The first-order chi connectivity index (χ1) is 12.2. The fraction of sp³-hybridized carbons (Fsp3) is 0.478. The second kappa shape index (κ2) is 7.33. The molecule has 1 saturated carbocycles. The largest absolute Gasteiger partial charge is 0.0843 e. The Morgan fingerprint density at radius 1 is 1.00 bits per heavy atom. The first-order valence-electron chi connectivity index (χ1n) is 9.71. The lowest BCUT2D eigenvalue weighted by Gasteiger charge is -2.38. The Labute approximate surface area is 161 Å². The number of hydrogen-bond donors (Lipinski definition) is 0. The van der Waals surface area contributed by atoms with E-state index in [0.717, 1.165) is 22.4 Å². The third-order valence-corrected chi connectivity index (χ3v) is 7.11. The quantitative estimate of drug-likeness (QED) is 0.507. The number of aryl methyl sites for hydroxylation is 1. The van der Waals surface area contributed by atoms with Gasteiger partial charge in [0.25, 0.3) is 0 Å². The zero-order valence-corrected chi connectivity index (χ0v) is 16.4. The van der Waals surface area contributed by atoms with E-state index in [1.165, 1.54) is 48.8 Å². The average molecular weight is 373 g/mol. The lowest BCUT2D eigenvalue weighted by Crippen LogP contribution is -2.27. The van der Waals surface area contributed by atoms with Crippen molar-refractivity contribution < 1.29 is 0 Å². The van der Waals surface area contributed by atoms with Gasteiger partial charge in [0.2, 0.25) is 0 Å². The normalized spacial score (nSPS) is 28.8. The van der Waals surface area contributed by atoms with E-state index in [9.17, 15) is 0 Å². The number of benzene rings is 2. The highest BCUT2D eigenvalue weighted by atomic mass is 35.5. The van der Waals surface area contributed by atoms with E-state index >= 15 is 0 Å². The van der Waals surface area contributed by atoms with Gasteiger partial charge < -0.3 is 0 Å². The molecule has 2 aromatic carbocycles. The van der Waals surface area contributed by atoms with E-state index in [0.29, 0.717) is 17.8 Å². The molecule has 2 aliphatic carbocycles. The number of halogens is 2. The molecular weight excluding hydrogens is 347 g/mol. The summed E-state index contributed by atoms with van der Waals surface area (Å²) in [6.45, 7) is 2.36. The van der Waals surface area contributed by atoms with Crippen molar-refractivity contribution in [3.05, 3.63) is 69.2 Å². The first kappa shape index (κ1) is 17.4. The van der Waals surface area contributed by atoms with Crippen molar-refractivity contribution in [1.29, 1.82) is 0 Å². The van der Waals surface area contributed by atoms with Gasteiger partial charge in [-0.1, -0.05) is 73.3 Å². The summed E-state index contributed by atoms with van der Waals surface area (Å²) < 4.78 is 0. The summed E-state index contributed by atoms with van der Waals surface area (Å²) in [4.78, 5) is 0. The van der Waals surface area contributed by atoms with Crippen LogP contribution in [0.2, 0.25) is 10.0 Å². The standard InChI is InChI=1S/C23H26Cl2/c1-2-15-11-12-17-13-18(24)14-21(25)23(17)20-10-6-9-19(20)22(15)16-7-4-3-5-8-16/h3-5,7-8,13-15,19-20,22H,2,6,9-12H2,1H3. The van der Waals surface area contributed by atoms with Crippen molar-refractivity contribution in [3.8, 4) is 0 Å². The second-order valence-corrected chi connectivity index (χ2v) is 8.65. The summed E-state index contributed by atoms with van der Waals surface area (Å²) >= 11 is 13.0. The lowest BCUT2D eigenvalue weighted by molar-refractivity contribution is 0.261. The molecule has 0 saturated heterocycles. The SMILES string of the molecule is CCC1CCc2cc(Cl)cc(Cl)c2C2CCCC2C1c1ccccc1. The maximum atomic E-state index is 6.72. The third kappa shape index (κ3) is 3.24. The molecule has 2 aliphatic rings. The van der Waals surface area contributed by atoms with E-state index in [4.69, 9.17) is 23.2 Å². The third-order valence-electron chi connectivity index (χ3n) is 6.58. The Morgan fingerprint density at radius 3 is 2.56 bits per heavy atom. The molecule has 25 heavy (non-hydrogen) atoms. The summed E-state index contributed by atoms with van der Waals surface area (Å²) in [5.74, 6) is 2.67. The van der Waals surface area contributed by atoms with Gasteiger partial charge >= 0.3 is 0 Å². The zero-order chi connectivity index (χ0) is 17.4. The summed E-state index contributed by atoms with van der Waals surface area (Å²) in [6, 6.07) is 15.3. The van der Waals surface area contributed by atoms with Gasteiger partial charge in [-0.15, -0.1) is 0 Å². The van der Waals surface area contributed by atoms with Gasteiger partial charge in [0.05, 0.1) is 0 Å². The number of fused-ring (bicyclic) bond motifs is 3. The fourth-order valence-corrected chi connectivity index (χ4v) is 6.24. The van der Waals surface area contributed by atoms with Gasteiger partial charge in [0.1, 0.15) is 0 Å². The fourth-order valence-electron chi connectivity index (χ4n) is 5.56. The Bertz CT molecular complexity index is 737. The molecule has 0 aromatic heterocycles. The maximum absolute atomic E-state index is 6.72. The van der Waals surface area contributed by atoms with Crippen molar-refractivity contribution in [2.45, 2.75) is 57.3 Å². The van der Waals surface area contributed by atoms with Crippen LogP contribution < -0.4 is 0 Å². The van der Waals surface area contributed by atoms with E-state index < -0.39 is 0 Å². The van der Waals surface area contributed by atoms with Crippen LogP contribution >= 0.6 is 23.2 Å². The summed E-state index contributed by atoms with van der Waals surface area (Å²) in [6.07, 6.45) is 7.46. The van der Waals surface area contributed by atoms with E-state index in [1.807, 2.05) is 6.07 Å². The molecule has 2 heteroatoms. The van der Waals surface area contributed by atoms with Gasteiger partial charge in [0, 0.05) is 10.0 Å². The summed E-state index contributed by atoms with van der Waals surface area (Å²) in [5.41, 5.74) is 4.34. The first-order valence-corrected chi connectivity index (χ1v) is 10.5. The zero-order valence-electron chi connectivity index (χ0n) is 14.8. The number of hydrogen-bond acceptors (Lipinski definition) is 0. The lowest BCUT2D eigenvalue weighted by atomic mass is 9.66. The maximum Gasteiger partial charge on any atom is 0.0458 e. The monoisotopic (exact) mass is 372 g/mol. The molecule has 132 valence electrons. The van der Waals surface area contributed by atoms with Crippen molar-refractivity contribution in [2.24, 2.45) is 11.8 Å². The highest BCUT2D eigenvalue weighted by Gasteiger charge is 2.41. The highest BCUT2D eigenvalue weighted by Crippen LogP contribution is 2.54. The molecule has 0 nitrogen and oxygen atoms in total. The van der Waals surface area contributed by atoms with Crippen LogP contribution in [0, 0.1) is 11.8 Å². The van der Waals surface area contributed by atoms with Gasteiger partial charge in [-0.05, 0) is 78.2 Å². The smallest absolute Gasteiger partial charge is 0.0458 e. The van der Waals surface area contributed by atoms with Crippen molar-refractivity contribution in [2.75, 3.05) is 0 Å². The van der Waals surface area contributed by atoms with Crippen LogP contribution in [0.15, 0.2) is 42.5 Å². The Morgan fingerprint density at radius 2 is 1.80 bits per heavy atom. The molecule has 0 amide bonds. The summed E-state index contributed by atoms with van der Waals surface area (Å²) in [7, 11) is 0. The minimum atomic E-state index is 0.583. The minimum Gasteiger partial charge on any atom is -0.0843 e. The van der Waals surface area contributed by atoms with E-state index in [2.05, 4.69) is 43.3 Å². The van der Waals surface area contributed by atoms with Crippen molar-refractivity contribution in [1.82, 2.24) is 0 Å². The van der Waals surface area contributed by atoms with E-state index in [1.54, 1.807) is 0 Å². The van der Waals surface area contributed by atoms with Gasteiger partial charge in [-0.25, -0.2) is 0 Å². The van der Waals surface area contributed by atoms with Gasteiger partial charge in [-0.3, -0.25) is 0 Å². The molecule has 4 rings (SSSR count). The van der Waals surface area contributed by atoms with Crippen LogP contribution in [0.1, 0.15) is 67.6 Å². The molecule has 0 radical (unpaired) electrons. The van der Waals surface area contributed by atoms with Crippen LogP contribution in [0.4, 0.5) is 0 Å². The van der Waals surface area contributed by atoms with Crippen molar-refractivity contribution in [3.63, 3.8) is 0 Å². The van der Waals surface area contributed by atoms with Crippen LogP contribution in [-0.4, -0.2) is 0 Å². The number of rotatable bonds is 2. The molecule has 0 spiro atoms. The second-order valence-electron chi connectivity index (χ2n) is 7.81. The molecule has 0 N–H and O–H groups in total.